The van der Waals surface area contributed by atoms with Gasteiger partial charge in [-0.2, -0.15) is 0 Å². The van der Waals surface area contributed by atoms with Crippen molar-refractivity contribution < 1.29 is 59.0 Å². The van der Waals surface area contributed by atoms with Gasteiger partial charge >= 0.3 is 5.97 Å². The topological polar surface area (TPSA) is 354 Å². The molecule has 0 bridgehead atoms. The number of carbonyl (C=O) groups excluding carboxylic acids is 6. The molecule has 0 unspecified atom stereocenters. The molecule has 0 aliphatic carbocycles. The summed E-state index contributed by atoms with van der Waals surface area (Å²) in [5.41, 5.74) is 9.00. The van der Waals surface area contributed by atoms with Gasteiger partial charge in [0, 0.05) is 19.3 Å². The van der Waals surface area contributed by atoms with Gasteiger partial charge in [-0.05, 0) is 61.6 Å². The van der Waals surface area contributed by atoms with Crippen molar-refractivity contribution in [1.29, 1.82) is 0 Å². The fourth-order valence-corrected chi connectivity index (χ4v) is 6.26. The van der Waals surface area contributed by atoms with Crippen LogP contribution in [-0.4, -0.2) is 129 Å². The average Bonchev–Trinajstić information content (AvgIpc) is 3.26. The largest absolute Gasteiger partial charge is 0.508 e. The number of hydrogen-bond donors (Lipinski definition) is 12. The van der Waals surface area contributed by atoms with E-state index in [2.05, 4.69) is 31.9 Å². The van der Waals surface area contributed by atoms with Crippen LogP contribution in [0, 0.1) is 10.1 Å². The van der Waals surface area contributed by atoms with Gasteiger partial charge in [-0.25, -0.2) is 14.9 Å². The number of nitrogens with two attached hydrogens (primary N) is 1. The molecule has 6 amide bonds. The summed E-state index contributed by atoms with van der Waals surface area (Å²) in [5.74, 6) is -7.28. The average molecular weight is 894 g/mol. The Labute approximate surface area is 367 Å². The first-order valence-corrected chi connectivity index (χ1v) is 20.3. The van der Waals surface area contributed by atoms with Gasteiger partial charge in [0.2, 0.25) is 35.4 Å². The van der Waals surface area contributed by atoms with Crippen LogP contribution in [0.15, 0.2) is 84.9 Å². The van der Waals surface area contributed by atoms with Gasteiger partial charge in [-0.3, -0.25) is 28.8 Å². The number of nitro groups is 1. The summed E-state index contributed by atoms with van der Waals surface area (Å²) in [6.07, 6.45) is -1.04. The van der Waals surface area contributed by atoms with Crippen LogP contribution in [0.25, 0.3) is 0 Å². The Morgan fingerprint density at radius 1 is 0.641 bits per heavy atom. The van der Waals surface area contributed by atoms with Crippen molar-refractivity contribution in [1.82, 2.24) is 37.3 Å². The molecule has 3 rings (SSSR count). The molecule has 22 heteroatoms. The smallest absolute Gasteiger partial charge is 0.326 e. The molecule has 7 atom stereocenters. The molecule has 0 aromatic heterocycles. The fraction of sp³-hybridized carbons (Fsp3) is 0.405. The zero-order valence-corrected chi connectivity index (χ0v) is 35.0. The second-order valence-corrected chi connectivity index (χ2v) is 14.7. The van der Waals surface area contributed by atoms with E-state index in [0.717, 1.165) is 6.92 Å². The van der Waals surface area contributed by atoms with E-state index in [1.54, 1.807) is 60.7 Å². The zero-order valence-electron chi connectivity index (χ0n) is 35.0. The van der Waals surface area contributed by atoms with Crippen molar-refractivity contribution in [3.63, 3.8) is 0 Å². The number of aliphatic hydroxyl groups is 2. The van der Waals surface area contributed by atoms with Crippen molar-refractivity contribution in [3.05, 3.63) is 112 Å². The number of hydrazine groups is 1. The number of aliphatic hydroxyl groups excluding tert-OH is 2. The maximum absolute atomic E-state index is 14.1. The first kappa shape index (κ1) is 51.2. The molecule has 3 aromatic rings. The van der Waals surface area contributed by atoms with Gasteiger partial charge in [0.15, 0.2) is 11.1 Å². The van der Waals surface area contributed by atoms with Crippen molar-refractivity contribution in [2.24, 2.45) is 5.73 Å². The minimum absolute atomic E-state index is 0.0694. The predicted molar refractivity (Wildman–Crippen MR) is 228 cm³/mol. The maximum Gasteiger partial charge on any atom is 0.326 e. The molecule has 13 N–H and O–H groups in total. The van der Waals surface area contributed by atoms with Gasteiger partial charge in [0.25, 0.3) is 0 Å². The summed E-state index contributed by atoms with van der Waals surface area (Å²) in [6.45, 7) is -0.356. The molecule has 0 saturated heterocycles. The number of aromatic hydroxyl groups is 1. The Balaban J connectivity index is 1.75. The summed E-state index contributed by atoms with van der Waals surface area (Å²) in [6, 6.07) is 13.4. The second-order valence-electron chi connectivity index (χ2n) is 14.7. The third-order valence-electron chi connectivity index (χ3n) is 9.67. The SMILES string of the molecule is C[C@@H](O)[C@H](NC(=O)[C@H](CO)NC(=O)CNC(=O)[C@H](Cc1ccc(O)cc1)N[N+](=O)[O-])C(=O)N[C@@H](Cc1ccccc1)C(=O)N[C@@H](Cc1ccccc1)C(=O)N[C@@H](CCCCN)C(=O)O. The predicted octanol–water partition coefficient (Wildman–Crippen LogP) is -2.30. The lowest BCUT2D eigenvalue weighted by molar-refractivity contribution is -0.548. The molecule has 0 radical (unpaired) electrons. The third kappa shape index (κ3) is 17.7. The summed E-state index contributed by atoms with van der Waals surface area (Å²) in [5, 5.41) is 64.3. The summed E-state index contributed by atoms with van der Waals surface area (Å²) >= 11 is 0. The first-order chi connectivity index (χ1) is 30.5. The lowest BCUT2D eigenvalue weighted by Crippen LogP contribution is -2.62. The van der Waals surface area contributed by atoms with Gasteiger partial charge in [0.1, 0.15) is 36.0 Å². The molecule has 3 aromatic carbocycles. The number of unbranched alkanes of at least 4 members (excludes halogenated alkanes) is 1. The lowest BCUT2D eigenvalue weighted by atomic mass is 10.0. The highest BCUT2D eigenvalue weighted by atomic mass is 16.7. The Hall–Kier alpha value is -7.17. The first-order valence-electron chi connectivity index (χ1n) is 20.3. The number of benzene rings is 3. The van der Waals surface area contributed by atoms with Crippen LogP contribution in [0.3, 0.4) is 0 Å². The highest BCUT2D eigenvalue weighted by Gasteiger charge is 2.34. The molecule has 0 fully saturated rings. The van der Waals surface area contributed by atoms with E-state index in [9.17, 15) is 64.1 Å². The van der Waals surface area contributed by atoms with Crippen molar-refractivity contribution in [3.8, 4) is 5.75 Å². The van der Waals surface area contributed by atoms with Gasteiger partial charge in [-0.15, -0.1) is 5.43 Å². The van der Waals surface area contributed by atoms with Gasteiger partial charge in [-0.1, -0.05) is 72.8 Å². The van der Waals surface area contributed by atoms with Crippen molar-refractivity contribution in [2.75, 3.05) is 19.7 Å². The second kappa shape index (κ2) is 26.3. The van der Waals surface area contributed by atoms with Crippen LogP contribution < -0.4 is 43.1 Å². The van der Waals surface area contributed by atoms with Crippen LogP contribution in [0.4, 0.5) is 0 Å². The van der Waals surface area contributed by atoms with E-state index in [-0.39, 0.29) is 31.4 Å². The summed E-state index contributed by atoms with van der Waals surface area (Å²) in [7, 11) is 0. The minimum atomic E-state index is -1.79. The Bertz CT molecular complexity index is 2030. The molecule has 0 spiro atoms. The molecule has 64 heavy (non-hydrogen) atoms. The fourth-order valence-electron chi connectivity index (χ4n) is 6.26. The number of carboxylic acids is 1. The van der Waals surface area contributed by atoms with Crippen LogP contribution >= 0.6 is 0 Å². The molecule has 0 saturated carbocycles. The number of nitrogens with one attached hydrogen (secondary N) is 7. The molecule has 22 nitrogen and oxygen atoms in total. The van der Waals surface area contributed by atoms with Gasteiger partial charge in [0.05, 0.1) is 19.3 Å². The number of hydrogen-bond acceptors (Lipinski definition) is 13. The Morgan fingerprint density at radius 3 is 1.61 bits per heavy atom. The minimum Gasteiger partial charge on any atom is -0.508 e. The van der Waals surface area contributed by atoms with E-state index in [1.807, 2.05) is 5.43 Å². The van der Waals surface area contributed by atoms with E-state index in [0.29, 0.717) is 36.1 Å². The number of carbonyl (C=O) groups is 7. The molecule has 346 valence electrons. The Kier molecular flexibility index (Phi) is 21.1. The van der Waals surface area contributed by atoms with Crippen LogP contribution in [0.5, 0.6) is 5.75 Å². The van der Waals surface area contributed by atoms with E-state index < -0.39 is 102 Å². The van der Waals surface area contributed by atoms with E-state index in [1.165, 1.54) is 24.3 Å². The van der Waals surface area contributed by atoms with Crippen molar-refractivity contribution in [2.45, 2.75) is 87.8 Å². The summed E-state index contributed by atoms with van der Waals surface area (Å²) in [4.78, 5) is 104. The number of rotatable bonds is 27. The number of carboxylic acid groups (broad SMARTS) is 1. The van der Waals surface area contributed by atoms with Crippen molar-refractivity contribution >= 4 is 41.4 Å². The Morgan fingerprint density at radius 2 is 1.12 bits per heavy atom. The molecule has 0 aliphatic rings. The maximum atomic E-state index is 14.1. The highest BCUT2D eigenvalue weighted by Crippen LogP contribution is 2.12. The van der Waals surface area contributed by atoms with Crippen LogP contribution in [0.1, 0.15) is 42.9 Å². The normalized spacial score (nSPS) is 14.1. The number of nitrogens with zero attached hydrogens (tertiary/aromatic N) is 1. The van der Waals surface area contributed by atoms with E-state index in [4.69, 9.17) is 5.73 Å². The van der Waals surface area contributed by atoms with Gasteiger partial charge < -0.3 is 58.1 Å². The monoisotopic (exact) mass is 893 g/mol. The zero-order chi connectivity index (χ0) is 47.2. The standard InChI is InChI=1S/C42H55N9O13/c1-25(53)36(49-40(59)34(24-52)45-35(55)23-44-37(56)33(50-51(63)64)22-28-15-17-29(54)18-16-28)41(60)48-32(21-27-12-6-3-7-13-27)39(58)47-31(20-26-10-4-2-5-11-26)38(57)46-30(42(61)62)14-8-9-19-43/h2-7,10-13,15-18,25,30-34,36,50,52-54H,8-9,14,19-24,43H2,1H3,(H,44,56)(H,45,55)(H,46,57)(H,47,58)(H,48,60)(H,49,59)(H,61,62)/t25-,30+,31+,32+,33+,34+,36+/m1/s1. The van der Waals surface area contributed by atoms with Crippen LogP contribution in [-0.2, 0) is 52.8 Å². The molecular formula is C42H55N9O13. The van der Waals surface area contributed by atoms with E-state index >= 15 is 0 Å². The number of phenolic OH excluding ortho intramolecular Hbond substituents is 1. The molecule has 0 aliphatic heterocycles. The highest BCUT2D eigenvalue weighted by molar-refractivity contribution is 5.97. The number of aliphatic carboxylic acids is 1. The lowest BCUT2D eigenvalue weighted by Gasteiger charge is -2.28. The molecule has 0 heterocycles. The summed E-state index contributed by atoms with van der Waals surface area (Å²) < 4.78 is 0. The number of phenols is 1. The third-order valence-corrected chi connectivity index (χ3v) is 9.67. The number of amides is 6. The quantitative estimate of drug-likeness (QED) is 0.0218. The van der Waals surface area contributed by atoms with Crippen LogP contribution in [0.2, 0.25) is 0 Å². The molecular weight excluding hydrogens is 839 g/mol.